The number of carbonyl (C=O) groups is 2. The van der Waals surface area contributed by atoms with Gasteiger partial charge in [0.2, 0.25) is 11.8 Å². The van der Waals surface area contributed by atoms with Gasteiger partial charge in [-0.15, -0.1) is 0 Å². The molecule has 0 atom stereocenters. The molecule has 2 amide bonds. The Kier molecular flexibility index (Phi) is 6.30. The summed E-state index contributed by atoms with van der Waals surface area (Å²) in [5.74, 6) is -0.610. The lowest BCUT2D eigenvalue weighted by atomic mass is 10.1. The zero-order valence-corrected chi connectivity index (χ0v) is 14.5. The molecule has 1 aromatic carbocycles. The molecule has 7 nitrogen and oxygen atoms in total. The van der Waals surface area contributed by atoms with Crippen LogP contribution in [0.3, 0.4) is 0 Å². The molecule has 0 aliphatic carbocycles. The third-order valence-electron chi connectivity index (χ3n) is 3.75. The summed E-state index contributed by atoms with van der Waals surface area (Å²) in [6, 6.07) is 6.59. The van der Waals surface area contributed by atoms with Crippen LogP contribution in [-0.2, 0) is 16.1 Å². The van der Waals surface area contributed by atoms with Crippen molar-refractivity contribution in [2.45, 2.75) is 33.2 Å². The third-order valence-corrected chi connectivity index (χ3v) is 3.75. The van der Waals surface area contributed by atoms with Gasteiger partial charge in [-0.25, -0.2) is 4.79 Å². The number of rotatable bonds is 8. The molecule has 0 aliphatic heterocycles. The first-order valence-electron chi connectivity index (χ1n) is 8.24. The Balaban J connectivity index is 2.36. The molecule has 0 unspecified atom stereocenters. The molecule has 0 radical (unpaired) electrons. The van der Waals surface area contributed by atoms with E-state index >= 15 is 0 Å². The van der Waals surface area contributed by atoms with E-state index in [1.165, 1.54) is 13.0 Å². The minimum Gasteiger partial charge on any atom is -0.423 e. The fourth-order valence-corrected chi connectivity index (χ4v) is 2.70. The highest BCUT2D eigenvalue weighted by Gasteiger charge is 2.13. The number of nitrogens with one attached hydrogen (secondary N) is 1. The number of fused-ring (bicyclic) bond motifs is 1. The van der Waals surface area contributed by atoms with Crippen LogP contribution in [0.1, 0.15) is 32.3 Å². The van der Waals surface area contributed by atoms with E-state index in [-0.39, 0.29) is 12.5 Å². The Morgan fingerprint density at radius 3 is 2.68 bits per heavy atom. The molecule has 3 N–H and O–H groups in total. The van der Waals surface area contributed by atoms with Crippen LogP contribution in [0.4, 0.5) is 5.69 Å². The van der Waals surface area contributed by atoms with Gasteiger partial charge in [0, 0.05) is 36.7 Å². The minimum absolute atomic E-state index is 0.131. The lowest BCUT2D eigenvalue weighted by Crippen LogP contribution is -2.34. The Morgan fingerprint density at radius 1 is 1.28 bits per heavy atom. The van der Waals surface area contributed by atoms with E-state index in [1.54, 1.807) is 18.2 Å². The number of carbonyl (C=O) groups excluding carboxylic acids is 2. The summed E-state index contributed by atoms with van der Waals surface area (Å²) in [7, 11) is 0. The highest BCUT2D eigenvalue weighted by Crippen LogP contribution is 2.22. The molecule has 0 saturated carbocycles. The molecule has 0 aliphatic rings. The SMILES string of the molecule is CCCCN(CC(N)=O)Cc1cc(=O)oc2cc(NC(C)=O)ccc12. The molecule has 7 heteroatoms. The summed E-state index contributed by atoms with van der Waals surface area (Å²) in [6.45, 7) is 4.74. The number of hydrogen-bond acceptors (Lipinski definition) is 5. The molecule has 2 rings (SSSR count). The second-order valence-corrected chi connectivity index (χ2v) is 6.01. The molecule has 25 heavy (non-hydrogen) atoms. The highest BCUT2D eigenvalue weighted by molar-refractivity contribution is 5.92. The predicted octanol–water partition coefficient (Wildman–Crippen LogP) is 1.84. The molecule has 0 saturated heterocycles. The van der Waals surface area contributed by atoms with E-state index < -0.39 is 11.5 Å². The number of amides is 2. The fourth-order valence-electron chi connectivity index (χ4n) is 2.70. The van der Waals surface area contributed by atoms with Crippen molar-refractivity contribution in [1.82, 2.24) is 4.90 Å². The van der Waals surface area contributed by atoms with Gasteiger partial charge in [-0.3, -0.25) is 14.5 Å². The Labute approximate surface area is 145 Å². The number of hydrogen-bond donors (Lipinski definition) is 2. The average Bonchev–Trinajstić information content (AvgIpc) is 2.50. The number of benzene rings is 1. The summed E-state index contributed by atoms with van der Waals surface area (Å²) < 4.78 is 5.25. The lowest BCUT2D eigenvalue weighted by Gasteiger charge is -2.21. The maximum Gasteiger partial charge on any atom is 0.336 e. The molecule has 1 heterocycles. The molecule has 0 spiro atoms. The van der Waals surface area contributed by atoms with Gasteiger partial charge in [0.05, 0.1) is 6.54 Å². The number of unbranched alkanes of at least 4 members (excludes halogenated alkanes) is 1. The zero-order chi connectivity index (χ0) is 18.4. The Hall–Kier alpha value is -2.67. The zero-order valence-electron chi connectivity index (χ0n) is 14.5. The standard InChI is InChI=1S/C18H23N3O4/c1-3-4-7-21(11-17(19)23)10-13-8-18(24)25-16-9-14(20-12(2)22)5-6-15(13)16/h5-6,8-9H,3-4,7,10-11H2,1-2H3,(H2,19,23)(H,20,22). The smallest absolute Gasteiger partial charge is 0.336 e. The van der Waals surface area contributed by atoms with Gasteiger partial charge in [-0.1, -0.05) is 13.3 Å². The van der Waals surface area contributed by atoms with E-state index in [0.717, 1.165) is 23.8 Å². The Bertz CT molecular complexity index is 829. The third kappa shape index (κ3) is 5.42. The van der Waals surface area contributed by atoms with Crippen LogP contribution < -0.4 is 16.7 Å². The number of nitrogens with zero attached hydrogens (tertiary/aromatic N) is 1. The first-order valence-corrected chi connectivity index (χ1v) is 8.24. The monoisotopic (exact) mass is 345 g/mol. The molecule has 134 valence electrons. The van der Waals surface area contributed by atoms with E-state index in [0.29, 0.717) is 24.4 Å². The van der Waals surface area contributed by atoms with Crippen LogP contribution >= 0.6 is 0 Å². The van der Waals surface area contributed by atoms with Gasteiger partial charge < -0.3 is 15.5 Å². The van der Waals surface area contributed by atoms with E-state index in [9.17, 15) is 14.4 Å². The van der Waals surface area contributed by atoms with Crippen molar-refractivity contribution in [3.8, 4) is 0 Å². The van der Waals surface area contributed by atoms with E-state index in [1.807, 2.05) is 4.90 Å². The topological polar surface area (TPSA) is 106 Å². The van der Waals surface area contributed by atoms with Crippen LogP contribution in [0.5, 0.6) is 0 Å². The van der Waals surface area contributed by atoms with Gasteiger partial charge in [0.25, 0.3) is 0 Å². The normalized spacial score (nSPS) is 11.0. The van der Waals surface area contributed by atoms with Crippen molar-refractivity contribution in [3.63, 3.8) is 0 Å². The van der Waals surface area contributed by atoms with Gasteiger partial charge in [-0.2, -0.15) is 0 Å². The van der Waals surface area contributed by atoms with Crippen molar-refractivity contribution >= 4 is 28.5 Å². The number of primary amides is 1. The minimum atomic E-state index is -0.475. The summed E-state index contributed by atoms with van der Waals surface area (Å²) >= 11 is 0. The molecular weight excluding hydrogens is 322 g/mol. The van der Waals surface area contributed by atoms with Crippen LogP contribution in [-0.4, -0.2) is 29.8 Å². The van der Waals surface area contributed by atoms with Crippen LogP contribution in [0.25, 0.3) is 11.0 Å². The summed E-state index contributed by atoms with van der Waals surface area (Å²) in [5, 5.41) is 3.42. The maximum absolute atomic E-state index is 11.9. The molecule has 0 fully saturated rings. The summed E-state index contributed by atoms with van der Waals surface area (Å²) in [4.78, 5) is 36.3. The summed E-state index contributed by atoms with van der Waals surface area (Å²) in [5.41, 5.74) is 6.56. The quantitative estimate of drug-likeness (QED) is 0.710. The molecule has 2 aromatic rings. The summed E-state index contributed by atoms with van der Waals surface area (Å²) in [6.07, 6.45) is 1.92. The van der Waals surface area contributed by atoms with Crippen LogP contribution in [0.2, 0.25) is 0 Å². The second-order valence-electron chi connectivity index (χ2n) is 6.01. The molecular formula is C18H23N3O4. The average molecular weight is 345 g/mol. The lowest BCUT2D eigenvalue weighted by molar-refractivity contribution is -0.119. The van der Waals surface area contributed by atoms with Crippen molar-refractivity contribution < 1.29 is 14.0 Å². The predicted molar refractivity (Wildman–Crippen MR) is 96.2 cm³/mol. The van der Waals surface area contributed by atoms with Crippen LogP contribution in [0.15, 0.2) is 33.5 Å². The number of anilines is 1. The van der Waals surface area contributed by atoms with Gasteiger partial charge in [0.15, 0.2) is 0 Å². The number of nitrogens with two attached hydrogens (primary N) is 1. The maximum atomic E-state index is 11.9. The fraction of sp³-hybridized carbons (Fsp3) is 0.389. The molecule has 1 aromatic heterocycles. The largest absolute Gasteiger partial charge is 0.423 e. The highest BCUT2D eigenvalue weighted by atomic mass is 16.4. The van der Waals surface area contributed by atoms with Gasteiger partial charge in [0.1, 0.15) is 5.58 Å². The van der Waals surface area contributed by atoms with E-state index in [2.05, 4.69) is 12.2 Å². The van der Waals surface area contributed by atoms with E-state index in [4.69, 9.17) is 10.2 Å². The van der Waals surface area contributed by atoms with Crippen molar-refractivity contribution in [2.24, 2.45) is 5.73 Å². The van der Waals surface area contributed by atoms with Gasteiger partial charge in [-0.05, 0) is 30.7 Å². The van der Waals surface area contributed by atoms with Crippen molar-refractivity contribution in [3.05, 3.63) is 40.2 Å². The first kappa shape index (κ1) is 18.7. The van der Waals surface area contributed by atoms with Gasteiger partial charge >= 0.3 is 5.63 Å². The first-order chi connectivity index (χ1) is 11.9. The van der Waals surface area contributed by atoms with Crippen LogP contribution in [0, 0.1) is 0 Å². The molecule has 0 bridgehead atoms. The second kappa shape index (κ2) is 8.43. The van der Waals surface area contributed by atoms with Crippen molar-refractivity contribution in [2.75, 3.05) is 18.4 Å². The van der Waals surface area contributed by atoms with Crippen molar-refractivity contribution in [1.29, 1.82) is 0 Å². The Morgan fingerprint density at radius 2 is 2.04 bits per heavy atom.